The summed E-state index contributed by atoms with van der Waals surface area (Å²) in [6.07, 6.45) is 1.66. The van der Waals surface area contributed by atoms with Crippen LogP contribution in [0.15, 0.2) is 36.5 Å². The van der Waals surface area contributed by atoms with E-state index < -0.39 is 0 Å². The minimum absolute atomic E-state index is 0.0623. The smallest absolute Gasteiger partial charge is 0.251 e. The Hall–Kier alpha value is -2.10. The van der Waals surface area contributed by atoms with Gasteiger partial charge in [-0.2, -0.15) is 5.10 Å². The first-order chi connectivity index (χ1) is 7.77. The van der Waals surface area contributed by atoms with Crippen LogP contribution >= 0.6 is 0 Å². The van der Waals surface area contributed by atoms with E-state index in [4.69, 9.17) is 0 Å². The fourth-order valence-corrected chi connectivity index (χ4v) is 1.48. The first kappa shape index (κ1) is 10.4. The molecule has 1 amide bonds. The minimum Gasteiger partial charge on any atom is -0.346 e. The second kappa shape index (κ2) is 4.61. The van der Waals surface area contributed by atoms with Crippen molar-refractivity contribution < 1.29 is 4.79 Å². The molecule has 0 saturated carbocycles. The lowest BCUT2D eigenvalue weighted by atomic mass is 10.1. The van der Waals surface area contributed by atoms with Crippen molar-refractivity contribution in [3.63, 3.8) is 0 Å². The molecule has 0 atom stereocenters. The third-order valence-electron chi connectivity index (χ3n) is 2.39. The molecule has 4 nitrogen and oxygen atoms in total. The molecule has 0 aliphatic heterocycles. The molecule has 1 heterocycles. The predicted octanol–water partition coefficient (Wildman–Crippen LogP) is 1.65. The molecule has 0 spiro atoms. The molecule has 0 aliphatic carbocycles. The quantitative estimate of drug-likeness (QED) is 0.817. The summed E-state index contributed by atoms with van der Waals surface area (Å²) in [6.45, 7) is 2.39. The fourth-order valence-electron chi connectivity index (χ4n) is 1.48. The summed E-state index contributed by atoms with van der Waals surface area (Å²) in [7, 11) is 0. The van der Waals surface area contributed by atoms with Gasteiger partial charge < -0.3 is 5.32 Å². The Balaban J connectivity index is 2.01. The molecule has 0 saturated heterocycles. The van der Waals surface area contributed by atoms with Crippen LogP contribution in [-0.4, -0.2) is 16.1 Å². The normalized spacial score (nSPS) is 10.1. The first-order valence-electron chi connectivity index (χ1n) is 5.09. The van der Waals surface area contributed by atoms with Gasteiger partial charge in [-0.15, -0.1) is 0 Å². The molecule has 0 unspecified atom stereocenters. The highest BCUT2D eigenvalue weighted by Gasteiger charge is 2.07. The molecule has 4 heteroatoms. The number of amides is 1. The van der Waals surface area contributed by atoms with Gasteiger partial charge in [-0.05, 0) is 24.6 Å². The molecule has 0 bridgehead atoms. The second-order valence-electron chi connectivity index (χ2n) is 3.58. The van der Waals surface area contributed by atoms with Gasteiger partial charge in [0.15, 0.2) is 0 Å². The van der Waals surface area contributed by atoms with Gasteiger partial charge >= 0.3 is 0 Å². The molecule has 2 N–H and O–H groups in total. The fraction of sp³-hybridized carbons (Fsp3) is 0.167. The third kappa shape index (κ3) is 2.28. The molecule has 0 fully saturated rings. The zero-order chi connectivity index (χ0) is 11.4. The molecule has 2 rings (SSSR count). The van der Waals surface area contributed by atoms with E-state index in [-0.39, 0.29) is 5.91 Å². The van der Waals surface area contributed by atoms with E-state index in [0.717, 1.165) is 11.3 Å². The summed E-state index contributed by atoms with van der Waals surface area (Å²) in [5.74, 6) is -0.0623. The van der Waals surface area contributed by atoms with E-state index in [2.05, 4.69) is 15.5 Å². The number of aryl methyl sites for hydroxylation is 1. The number of carbonyl (C=O) groups is 1. The van der Waals surface area contributed by atoms with Crippen LogP contribution < -0.4 is 5.32 Å². The average molecular weight is 215 g/mol. The lowest BCUT2D eigenvalue weighted by Gasteiger charge is -2.05. The van der Waals surface area contributed by atoms with Crippen LogP contribution in [0.1, 0.15) is 21.6 Å². The van der Waals surface area contributed by atoms with Gasteiger partial charge in [-0.1, -0.05) is 18.2 Å². The van der Waals surface area contributed by atoms with Crippen LogP contribution in [-0.2, 0) is 6.54 Å². The Morgan fingerprint density at radius 1 is 1.38 bits per heavy atom. The zero-order valence-electron chi connectivity index (χ0n) is 9.03. The van der Waals surface area contributed by atoms with Gasteiger partial charge in [-0.25, -0.2) is 0 Å². The van der Waals surface area contributed by atoms with Crippen LogP contribution in [0.2, 0.25) is 0 Å². The molecule has 16 heavy (non-hydrogen) atoms. The van der Waals surface area contributed by atoms with E-state index in [0.29, 0.717) is 12.1 Å². The summed E-state index contributed by atoms with van der Waals surface area (Å²) in [6, 6.07) is 9.35. The Labute approximate surface area is 93.7 Å². The lowest BCUT2D eigenvalue weighted by Crippen LogP contribution is -2.23. The molecule has 0 radical (unpaired) electrons. The van der Waals surface area contributed by atoms with E-state index in [1.165, 1.54) is 0 Å². The van der Waals surface area contributed by atoms with Gasteiger partial charge in [0, 0.05) is 11.8 Å². The maximum Gasteiger partial charge on any atom is 0.251 e. The topological polar surface area (TPSA) is 57.8 Å². The summed E-state index contributed by atoms with van der Waals surface area (Å²) in [5.41, 5.74) is 2.58. The average Bonchev–Trinajstić information content (AvgIpc) is 2.79. The summed E-state index contributed by atoms with van der Waals surface area (Å²) < 4.78 is 0. The van der Waals surface area contributed by atoms with Crippen molar-refractivity contribution in [3.05, 3.63) is 53.3 Å². The number of nitrogens with one attached hydrogen (secondary N) is 2. The van der Waals surface area contributed by atoms with Crippen LogP contribution in [0.5, 0.6) is 0 Å². The van der Waals surface area contributed by atoms with Crippen LogP contribution in [0.25, 0.3) is 0 Å². The van der Waals surface area contributed by atoms with Crippen molar-refractivity contribution in [3.8, 4) is 0 Å². The highest BCUT2D eigenvalue weighted by atomic mass is 16.1. The van der Waals surface area contributed by atoms with Crippen molar-refractivity contribution in [2.24, 2.45) is 0 Å². The van der Waals surface area contributed by atoms with Gasteiger partial charge in [0.2, 0.25) is 0 Å². The number of rotatable bonds is 3. The lowest BCUT2D eigenvalue weighted by molar-refractivity contribution is 0.0950. The van der Waals surface area contributed by atoms with E-state index in [1.54, 1.807) is 6.20 Å². The standard InChI is InChI=1S/C12H13N3O/c1-9-4-2-3-5-11(9)12(16)13-8-10-6-7-14-15-10/h2-7H,8H2,1H3,(H,13,16)(H,14,15). The largest absolute Gasteiger partial charge is 0.346 e. The Morgan fingerprint density at radius 3 is 2.88 bits per heavy atom. The summed E-state index contributed by atoms with van der Waals surface area (Å²) in [4.78, 5) is 11.8. The molecular formula is C12H13N3O. The SMILES string of the molecule is Cc1ccccc1C(=O)NCc1ccn[nH]1. The van der Waals surface area contributed by atoms with Crippen molar-refractivity contribution in [2.75, 3.05) is 0 Å². The Morgan fingerprint density at radius 2 is 2.19 bits per heavy atom. The number of H-pyrrole nitrogens is 1. The van der Waals surface area contributed by atoms with E-state index in [9.17, 15) is 4.79 Å². The third-order valence-corrected chi connectivity index (χ3v) is 2.39. The number of hydrogen-bond acceptors (Lipinski definition) is 2. The highest BCUT2D eigenvalue weighted by Crippen LogP contribution is 2.06. The number of hydrogen-bond donors (Lipinski definition) is 2. The molecular weight excluding hydrogens is 202 g/mol. The van der Waals surface area contributed by atoms with Gasteiger partial charge in [0.05, 0.1) is 12.2 Å². The minimum atomic E-state index is -0.0623. The van der Waals surface area contributed by atoms with Gasteiger partial charge in [0.25, 0.3) is 5.91 Å². The number of benzene rings is 1. The number of nitrogens with zero attached hydrogens (tertiary/aromatic N) is 1. The molecule has 1 aromatic carbocycles. The van der Waals surface area contributed by atoms with E-state index >= 15 is 0 Å². The Kier molecular flexibility index (Phi) is 3.00. The molecule has 1 aromatic heterocycles. The van der Waals surface area contributed by atoms with Crippen molar-refractivity contribution in [2.45, 2.75) is 13.5 Å². The van der Waals surface area contributed by atoms with Crippen molar-refractivity contribution in [1.29, 1.82) is 0 Å². The van der Waals surface area contributed by atoms with Gasteiger partial charge in [0.1, 0.15) is 0 Å². The summed E-state index contributed by atoms with van der Waals surface area (Å²) in [5, 5.41) is 9.44. The number of aromatic amines is 1. The maximum absolute atomic E-state index is 11.8. The molecule has 2 aromatic rings. The van der Waals surface area contributed by atoms with Crippen LogP contribution in [0, 0.1) is 6.92 Å². The molecule has 0 aliphatic rings. The van der Waals surface area contributed by atoms with Gasteiger partial charge in [-0.3, -0.25) is 9.89 Å². The van der Waals surface area contributed by atoms with Crippen LogP contribution in [0.4, 0.5) is 0 Å². The number of carbonyl (C=O) groups excluding carboxylic acids is 1. The Bertz CT molecular complexity index is 477. The summed E-state index contributed by atoms with van der Waals surface area (Å²) >= 11 is 0. The van der Waals surface area contributed by atoms with Crippen molar-refractivity contribution in [1.82, 2.24) is 15.5 Å². The monoisotopic (exact) mass is 215 g/mol. The first-order valence-corrected chi connectivity index (χ1v) is 5.09. The highest BCUT2D eigenvalue weighted by molar-refractivity contribution is 5.95. The van der Waals surface area contributed by atoms with Crippen LogP contribution in [0.3, 0.4) is 0 Å². The molecule has 82 valence electrons. The van der Waals surface area contributed by atoms with E-state index in [1.807, 2.05) is 37.3 Å². The zero-order valence-corrected chi connectivity index (χ0v) is 9.03. The predicted molar refractivity (Wildman–Crippen MR) is 60.9 cm³/mol. The number of aromatic nitrogens is 2. The second-order valence-corrected chi connectivity index (χ2v) is 3.58. The van der Waals surface area contributed by atoms with Crippen molar-refractivity contribution >= 4 is 5.91 Å². The maximum atomic E-state index is 11.8.